The van der Waals surface area contributed by atoms with Crippen LogP contribution in [0.25, 0.3) is 5.57 Å². The zero-order chi connectivity index (χ0) is 37.6. The van der Waals surface area contributed by atoms with Crippen molar-refractivity contribution < 1.29 is 38.4 Å². The Morgan fingerprint density at radius 3 is 1.98 bits per heavy atom. The molecule has 270 valence electrons. The van der Waals surface area contributed by atoms with Crippen LogP contribution in [0.4, 0.5) is 0 Å². The van der Waals surface area contributed by atoms with Crippen molar-refractivity contribution in [2.45, 2.75) is 69.6 Å². The molecule has 0 spiro atoms. The third kappa shape index (κ3) is 9.51. The van der Waals surface area contributed by atoms with Crippen LogP contribution in [0.2, 0.25) is 10.0 Å². The van der Waals surface area contributed by atoms with E-state index < -0.39 is 21.4 Å². The first-order valence-corrected chi connectivity index (χ1v) is 18.3. The SMILES string of the molecule is CCOC(=O)C(C(=O)C(C)(C)SCc1ccc(OC)cc1)c1c(Cl)cc(C)cc1OC.COc1cc(C)cc(Cl)c1C1=C(O)C(C)(C)SC1=O. The highest BCUT2D eigenvalue weighted by molar-refractivity contribution is 8.16. The molecule has 1 N–H and O–H groups in total. The van der Waals surface area contributed by atoms with Crippen LogP contribution in [-0.4, -0.2) is 59.4 Å². The van der Waals surface area contributed by atoms with Crippen molar-refractivity contribution in [1.82, 2.24) is 0 Å². The molecule has 1 unspecified atom stereocenters. The average molecular weight is 764 g/mol. The number of esters is 1. The van der Waals surface area contributed by atoms with Crippen molar-refractivity contribution in [2.75, 3.05) is 27.9 Å². The lowest BCUT2D eigenvalue weighted by molar-refractivity contribution is -0.148. The Kier molecular flexibility index (Phi) is 14.2. The Hall–Kier alpha value is -3.31. The van der Waals surface area contributed by atoms with Gasteiger partial charge in [0.25, 0.3) is 0 Å². The Labute approximate surface area is 313 Å². The Bertz CT molecular complexity index is 1770. The van der Waals surface area contributed by atoms with Crippen LogP contribution in [0.1, 0.15) is 68.4 Å². The lowest BCUT2D eigenvalue weighted by Gasteiger charge is -2.28. The Morgan fingerprint density at radius 2 is 1.48 bits per heavy atom. The van der Waals surface area contributed by atoms with E-state index in [0.717, 1.165) is 34.2 Å². The fraction of sp³-hybridized carbons (Fsp3) is 0.395. The minimum absolute atomic E-state index is 0.0477. The number of hydrogen-bond acceptors (Lipinski definition) is 10. The number of ether oxygens (including phenoxy) is 4. The molecule has 0 bridgehead atoms. The first kappa shape index (κ1) is 41.1. The molecule has 12 heteroatoms. The van der Waals surface area contributed by atoms with Crippen molar-refractivity contribution in [3.8, 4) is 17.2 Å². The Morgan fingerprint density at radius 1 is 0.920 bits per heavy atom. The van der Waals surface area contributed by atoms with Crippen molar-refractivity contribution in [2.24, 2.45) is 0 Å². The zero-order valence-corrected chi connectivity index (χ0v) is 33.1. The van der Waals surface area contributed by atoms with E-state index in [-0.39, 0.29) is 28.8 Å². The highest BCUT2D eigenvalue weighted by atomic mass is 35.5. The second-order valence-corrected chi connectivity index (χ2v) is 16.5. The van der Waals surface area contributed by atoms with E-state index >= 15 is 0 Å². The fourth-order valence-electron chi connectivity index (χ4n) is 5.22. The lowest BCUT2D eigenvalue weighted by atomic mass is 9.87. The normalized spacial score (nSPS) is 14.4. The number of carbonyl (C=O) groups is 3. The summed E-state index contributed by atoms with van der Waals surface area (Å²) in [6.45, 7) is 12.8. The van der Waals surface area contributed by atoms with Gasteiger partial charge in [-0.2, -0.15) is 0 Å². The molecule has 8 nitrogen and oxygen atoms in total. The van der Waals surface area contributed by atoms with Gasteiger partial charge in [0.1, 0.15) is 28.9 Å². The van der Waals surface area contributed by atoms with Gasteiger partial charge in [-0.25, -0.2) is 0 Å². The minimum Gasteiger partial charge on any atom is -0.510 e. The van der Waals surface area contributed by atoms with Crippen LogP contribution in [-0.2, 0) is 24.9 Å². The number of rotatable bonds is 12. The van der Waals surface area contributed by atoms with E-state index in [1.54, 1.807) is 52.1 Å². The number of carbonyl (C=O) groups excluding carboxylic acids is 3. The van der Waals surface area contributed by atoms with Gasteiger partial charge < -0.3 is 24.1 Å². The molecule has 1 atom stereocenters. The van der Waals surface area contributed by atoms with Gasteiger partial charge in [-0.1, -0.05) is 47.1 Å². The minimum atomic E-state index is -1.18. The molecule has 0 radical (unpaired) electrons. The van der Waals surface area contributed by atoms with E-state index in [2.05, 4.69) is 0 Å². The smallest absolute Gasteiger partial charge is 0.321 e. The molecule has 0 amide bonds. The number of aryl methyl sites for hydroxylation is 2. The summed E-state index contributed by atoms with van der Waals surface area (Å²) in [7, 11) is 4.63. The number of ketones is 1. The number of benzene rings is 3. The van der Waals surface area contributed by atoms with Gasteiger partial charge >= 0.3 is 5.97 Å². The van der Waals surface area contributed by atoms with Gasteiger partial charge in [-0.05, 0) is 102 Å². The molecule has 0 saturated heterocycles. The van der Waals surface area contributed by atoms with E-state index in [9.17, 15) is 19.5 Å². The van der Waals surface area contributed by atoms with Crippen molar-refractivity contribution in [3.63, 3.8) is 0 Å². The monoisotopic (exact) mass is 762 g/mol. The van der Waals surface area contributed by atoms with Crippen LogP contribution in [0.3, 0.4) is 0 Å². The molecule has 1 aliphatic heterocycles. The predicted octanol–water partition coefficient (Wildman–Crippen LogP) is 9.57. The standard InChI is InChI=1S/C24H29ClO5S.C14H15ClO3S/c1-7-30-23(27)21(20-18(25)12-15(2)13-19(20)29-6)22(26)24(3,4)31-14-16-8-10-17(28-5)11-9-16;1-7-5-8(15)10(9(6-7)18-4)11-12(16)14(2,3)19-13(11)17/h8-13,21H,7,14H2,1-6H3;5-6,16H,1-4H3. The molecule has 1 heterocycles. The van der Waals surface area contributed by atoms with Gasteiger partial charge in [-0.3, -0.25) is 14.4 Å². The number of aliphatic hydroxyl groups excluding tert-OH is 1. The van der Waals surface area contributed by atoms with E-state index in [0.29, 0.717) is 38.4 Å². The summed E-state index contributed by atoms with van der Waals surface area (Å²) in [6.07, 6.45) is 0. The largest absolute Gasteiger partial charge is 0.510 e. The van der Waals surface area contributed by atoms with Crippen LogP contribution in [0.5, 0.6) is 17.2 Å². The third-order valence-electron chi connectivity index (χ3n) is 7.91. The summed E-state index contributed by atoms with van der Waals surface area (Å²) >= 11 is 15.3. The molecule has 0 fully saturated rings. The number of hydrogen-bond donors (Lipinski definition) is 1. The van der Waals surface area contributed by atoms with Crippen molar-refractivity contribution in [1.29, 1.82) is 0 Å². The molecule has 50 heavy (non-hydrogen) atoms. The lowest BCUT2D eigenvalue weighted by Crippen LogP contribution is -2.38. The van der Waals surface area contributed by atoms with Crippen LogP contribution in [0, 0.1) is 13.8 Å². The topological polar surface area (TPSA) is 108 Å². The van der Waals surface area contributed by atoms with Crippen LogP contribution >= 0.6 is 46.7 Å². The number of methoxy groups -OCH3 is 3. The Balaban J connectivity index is 0.000000303. The first-order valence-electron chi connectivity index (χ1n) is 15.8. The molecular formula is C38H44Cl2O8S2. The van der Waals surface area contributed by atoms with Gasteiger partial charge in [0.05, 0.1) is 53.6 Å². The van der Waals surface area contributed by atoms with Gasteiger partial charge in [-0.15, -0.1) is 11.8 Å². The summed E-state index contributed by atoms with van der Waals surface area (Å²) in [4.78, 5) is 38.7. The summed E-state index contributed by atoms with van der Waals surface area (Å²) in [5.74, 6) is 0.214. The predicted molar refractivity (Wildman–Crippen MR) is 204 cm³/mol. The number of Topliss-reactive ketones (excluding diaryl/α,β-unsaturated/α-hetero) is 1. The van der Waals surface area contributed by atoms with Gasteiger partial charge in [0.2, 0.25) is 5.12 Å². The van der Waals surface area contributed by atoms with E-state index in [1.165, 1.54) is 26.0 Å². The molecular weight excluding hydrogens is 719 g/mol. The summed E-state index contributed by atoms with van der Waals surface area (Å²) in [5.41, 5.74) is 3.91. The van der Waals surface area contributed by atoms with Gasteiger partial charge in [0.15, 0.2) is 5.78 Å². The molecule has 4 rings (SSSR count). The molecule has 0 aliphatic carbocycles. The van der Waals surface area contributed by atoms with Crippen LogP contribution in [0.15, 0.2) is 54.3 Å². The molecule has 0 saturated carbocycles. The highest BCUT2D eigenvalue weighted by Crippen LogP contribution is 2.49. The summed E-state index contributed by atoms with van der Waals surface area (Å²) < 4.78 is 19.7. The maximum atomic E-state index is 13.7. The summed E-state index contributed by atoms with van der Waals surface area (Å²) in [6, 6.07) is 14.7. The van der Waals surface area contributed by atoms with E-state index in [1.807, 2.05) is 52.0 Å². The average Bonchev–Trinajstić information content (AvgIpc) is 3.26. The molecule has 3 aromatic carbocycles. The number of halogens is 2. The first-order chi connectivity index (χ1) is 23.4. The van der Waals surface area contributed by atoms with Crippen LogP contribution < -0.4 is 14.2 Å². The maximum absolute atomic E-state index is 13.7. The second-order valence-electron chi connectivity index (χ2n) is 12.5. The van der Waals surface area contributed by atoms with E-state index in [4.69, 9.17) is 42.1 Å². The van der Waals surface area contributed by atoms with Crippen molar-refractivity contribution >= 4 is 69.2 Å². The number of aliphatic hydroxyl groups is 1. The molecule has 0 aromatic heterocycles. The molecule has 3 aromatic rings. The number of thioether (sulfide) groups is 2. The quantitative estimate of drug-likeness (QED) is 0.142. The highest BCUT2D eigenvalue weighted by Gasteiger charge is 2.43. The summed E-state index contributed by atoms with van der Waals surface area (Å²) in [5, 5.41) is 10.8. The third-order valence-corrected chi connectivity index (χ3v) is 11.0. The zero-order valence-electron chi connectivity index (χ0n) is 30.0. The van der Waals surface area contributed by atoms with Crippen molar-refractivity contribution in [3.05, 3.63) is 92.2 Å². The maximum Gasteiger partial charge on any atom is 0.321 e. The second kappa shape index (κ2) is 17.3. The molecule has 1 aliphatic rings. The fourth-order valence-corrected chi connectivity index (χ4v) is 7.90. The van der Waals surface area contributed by atoms with Gasteiger partial charge in [0, 0.05) is 16.3 Å².